The van der Waals surface area contributed by atoms with Crippen molar-refractivity contribution in [1.29, 1.82) is 0 Å². The number of para-hydroxylation sites is 1. The number of carboxylic acid groups (broad SMARTS) is 1. The monoisotopic (exact) mass is 433 g/mol. The molecule has 3 heterocycles. The van der Waals surface area contributed by atoms with Crippen molar-refractivity contribution in [2.24, 2.45) is 0 Å². The van der Waals surface area contributed by atoms with Crippen molar-refractivity contribution in [2.75, 3.05) is 18.0 Å². The number of carboxylic acids is 1. The van der Waals surface area contributed by atoms with Crippen LogP contribution < -0.4 is 27.9 Å². The number of benzene rings is 1. The van der Waals surface area contributed by atoms with E-state index >= 15 is 0 Å². The molecule has 0 amide bonds. The Balaban J connectivity index is 0.000000461. The lowest BCUT2D eigenvalue weighted by Crippen LogP contribution is -2.68. The quantitative estimate of drug-likeness (QED) is 0.391. The molecule has 1 N–H and O–H groups in total. The van der Waals surface area contributed by atoms with E-state index < -0.39 is 16.2 Å². The highest BCUT2D eigenvalue weighted by Crippen LogP contribution is 2.28. The van der Waals surface area contributed by atoms with Crippen LogP contribution in [-0.2, 0) is 0 Å². The number of halogens is 1. The highest BCUT2D eigenvalue weighted by Gasteiger charge is 2.27. The van der Waals surface area contributed by atoms with Crippen LogP contribution in [0.3, 0.4) is 0 Å². The maximum Gasteiger partial charge on any atom is 0.370 e. The average molecular weight is 434 g/mol. The third-order valence-corrected chi connectivity index (χ3v) is 4.77. The van der Waals surface area contributed by atoms with Gasteiger partial charge in [0, 0.05) is 5.39 Å². The molecule has 0 spiro atoms. The summed E-state index contributed by atoms with van der Waals surface area (Å²) in [6.07, 6.45) is 2.03. The number of aromatic carboxylic acids is 1. The Kier molecular flexibility index (Phi) is 6.11. The van der Waals surface area contributed by atoms with E-state index in [-0.39, 0.29) is 0 Å². The van der Waals surface area contributed by atoms with Gasteiger partial charge in [-0.25, -0.2) is 27.8 Å². The average Bonchev–Trinajstić information content (AvgIpc) is 3.02. The van der Waals surface area contributed by atoms with Crippen molar-refractivity contribution in [2.45, 2.75) is 13.8 Å². The summed E-state index contributed by atoms with van der Waals surface area (Å²) in [5.41, 5.74) is 3.14. The largest absolute Gasteiger partial charge is 0.478 e. The van der Waals surface area contributed by atoms with Gasteiger partial charge in [-0.3, -0.25) is 4.90 Å². The fourth-order valence-corrected chi connectivity index (χ4v) is 3.62. The van der Waals surface area contributed by atoms with Gasteiger partial charge in [0.05, 0.1) is 24.8 Å². The summed E-state index contributed by atoms with van der Waals surface area (Å²) >= 11 is 0. The van der Waals surface area contributed by atoms with Crippen LogP contribution in [0.4, 0.5) is 5.95 Å². The first-order valence-electron chi connectivity index (χ1n) is 9.13. The molecule has 158 valence electrons. The zero-order valence-corrected chi connectivity index (χ0v) is 17.1. The summed E-state index contributed by atoms with van der Waals surface area (Å²) in [4.78, 5) is 14.1. The van der Waals surface area contributed by atoms with Gasteiger partial charge in [0.15, 0.2) is 0 Å². The maximum absolute atomic E-state index is 11.8. The van der Waals surface area contributed by atoms with Crippen molar-refractivity contribution in [3.05, 3.63) is 60.3 Å². The Morgan fingerprint density at radius 3 is 2.23 bits per heavy atom. The molecule has 0 aliphatic rings. The Labute approximate surface area is 174 Å². The third kappa shape index (κ3) is 4.16. The molecule has 0 fully saturated rings. The molecule has 30 heavy (non-hydrogen) atoms. The van der Waals surface area contributed by atoms with E-state index in [2.05, 4.69) is 27.5 Å². The molecule has 0 saturated heterocycles. The number of hydrogen-bond donors (Lipinski definition) is 1. The van der Waals surface area contributed by atoms with Crippen molar-refractivity contribution in [1.82, 2.24) is 4.40 Å². The maximum atomic E-state index is 11.8. The van der Waals surface area contributed by atoms with Crippen LogP contribution >= 0.6 is 0 Å². The number of hydrogen-bond acceptors (Lipinski definition) is 6. The number of carbonyl (C=O) groups is 1. The first kappa shape index (κ1) is 21.8. The molecular weight excluding hydrogens is 414 g/mol. The van der Waals surface area contributed by atoms with Crippen molar-refractivity contribution < 1.29 is 43.2 Å². The fraction of sp³-hybridized carbons (Fsp3) is 0.200. The molecule has 10 heteroatoms. The molecule has 0 saturated carbocycles. The van der Waals surface area contributed by atoms with Gasteiger partial charge in [0.2, 0.25) is 0 Å². The zero-order chi connectivity index (χ0) is 22.1. The molecule has 0 aliphatic heterocycles. The SMILES string of the molecule is CCN(CC)c1n2c3ccccc3c(C(=O)O)cc2c2cccc[n+]12.[O-][Cl+3]([O-])([O-])[O-]. The molecule has 4 rings (SSSR count). The molecule has 3 aromatic heterocycles. The second-order valence-corrected chi connectivity index (χ2v) is 7.16. The number of nitrogens with zero attached hydrogens (tertiary/aromatic N) is 3. The lowest BCUT2D eigenvalue weighted by molar-refractivity contribution is -2.00. The Morgan fingerprint density at radius 2 is 1.63 bits per heavy atom. The zero-order valence-electron chi connectivity index (χ0n) is 16.3. The number of fused-ring (bicyclic) bond motifs is 5. The van der Waals surface area contributed by atoms with Crippen LogP contribution in [0.15, 0.2) is 54.7 Å². The Bertz CT molecular complexity index is 1210. The lowest BCUT2D eigenvalue weighted by Gasteiger charge is -2.17. The number of rotatable bonds is 4. The summed E-state index contributed by atoms with van der Waals surface area (Å²) in [7, 11) is -4.94. The highest BCUT2D eigenvalue weighted by atomic mass is 35.7. The highest BCUT2D eigenvalue weighted by molar-refractivity contribution is 6.05. The van der Waals surface area contributed by atoms with E-state index in [0.717, 1.165) is 41.0 Å². The number of imidazole rings is 1. The molecule has 0 aliphatic carbocycles. The normalized spacial score (nSPS) is 11.5. The van der Waals surface area contributed by atoms with E-state index in [0.29, 0.717) is 5.56 Å². The standard InChI is InChI=1S/C20H19N3O2.ClHO4/c1-3-21(4-2)20-22-12-8-7-11-17(22)18-13-15(19(24)25)14-9-5-6-10-16(14)23(18)20;2-1(3,4)5/h5-13H,3-4H2,1-2H3;(H,2,3,4,5). The predicted octanol–water partition coefficient (Wildman–Crippen LogP) is -1.38. The third-order valence-electron chi connectivity index (χ3n) is 4.77. The number of aromatic nitrogens is 2. The Morgan fingerprint density at radius 1 is 1.03 bits per heavy atom. The van der Waals surface area contributed by atoms with E-state index in [9.17, 15) is 9.90 Å². The van der Waals surface area contributed by atoms with E-state index in [1.165, 1.54) is 0 Å². The minimum absolute atomic E-state index is 0.332. The van der Waals surface area contributed by atoms with Gasteiger partial charge in [0.1, 0.15) is 16.6 Å². The van der Waals surface area contributed by atoms with Crippen LogP contribution in [0.25, 0.3) is 21.9 Å². The van der Waals surface area contributed by atoms with Gasteiger partial charge in [-0.05, 0) is 38.1 Å². The van der Waals surface area contributed by atoms with E-state index in [4.69, 9.17) is 18.6 Å². The molecule has 0 radical (unpaired) electrons. The van der Waals surface area contributed by atoms with Crippen LogP contribution in [0.5, 0.6) is 0 Å². The van der Waals surface area contributed by atoms with Gasteiger partial charge < -0.3 is 5.11 Å². The molecule has 1 aromatic carbocycles. The minimum atomic E-state index is -4.94. The predicted molar refractivity (Wildman–Crippen MR) is 98.6 cm³/mol. The van der Waals surface area contributed by atoms with Crippen LogP contribution in [0.2, 0.25) is 0 Å². The number of pyridine rings is 2. The lowest BCUT2D eigenvalue weighted by atomic mass is 10.1. The summed E-state index contributed by atoms with van der Waals surface area (Å²) in [5.74, 6) is 0.141. The van der Waals surface area contributed by atoms with E-state index in [1.54, 1.807) is 6.07 Å². The van der Waals surface area contributed by atoms with Crippen molar-refractivity contribution >= 4 is 33.9 Å². The topological polar surface area (TPSA) is 141 Å². The fourth-order valence-electron chi connectivity index (χ4n) is 3.62. The molecule has 0 atom stereocenters. The smallest absolute Gasteiger partial charge is 0.370 e. The first-order valence-corrected chi connectivity index (χ1v) is 10.4. The molecule has 0 unspecified atom stereocenters. The minimum Gasteiger partial charge on any atom is -0.478 e. The van der Waals surface area contributed by atoms with Gasteiger partial charge in [-0.1, -0.05) is 24.3 Å². The second kappa shape index (κ2) is 8.42. The van der Waals surface area contributed by atoms with Gasteiger partial charge in [-0.15, -0.1) is 10.2 Å². The Hall–Kier alpha value is -2.95. The van der Waals surface area contributed by atoms with Gasteiger partial charge in [0.25, 0.3) is 0 Å². The molecule has 4 aromatic rings. The molecule has 0 bridgehead atoms. The van der Waals surface area contributed by atoms with Gasteiger partial charge in [-0.2, -0.15) is 4.40 Å². The van der Waals surface area contributed by atoms with E-state index in [1.807, 2.05) is 48.7 Å². The summed E-state index contributed by atoms with van der Waals surface area (Å²) in [6, 6.07) is 15.5. The van der Waals surface area contributed by atoms with Crippen molar-refractivity contribution in [3.63, 3.8) is 0 Å². The number of anilines is 1. The van der Waals surface area contributed by atoms with Crippen LogP contribution in [0, 0.1) is 10.2 Å². The first-order chi connectivity index (χ1) is 14.2. The summed E-state index contributed by atoms with van der Waals surface area (Å²) < 4.78 is 38.3. The van der Waals surface area contributed by atoms with Crippen LogP contribution in [0.1, 0.15) is 24.2 Å². The van der Waals surface area contributed by atoms with Crippen LogP contribution in [-0.4, -0.2) is 28.6 Å². The molecular formula is C20H20ClN3O6. The molecule has 9 nitrogen and oxygen atoms in total. The van der Waals surface area contributed by atoms with Crippen molar-refractivity contribution in [3.8, 4) is 0 Å². The summed E-state index contributed by atoms with van der Waals surface area (Å²) in [6.45, 7) is 6.00. The van der Waals surface area contributed by atoms with Gasteiger partial charge >= 0.3 is 11.9 Å². The summed E-state index contributed by atoms with van der Waals surface area (Å²) in [5, 5.41) is 10.4. The second-order valence-electron chi connectivity index (χ2n) is 6.41.